The van der Waals surface area contributed by atoms with Gasteiger partial charge in [-0.3, -0.25) is 9.59 Å². The van der Waals surface area contributed by atoms with Crippen LogP contribution in [0.4, 0.5) is 28.9 Å². The normalized spacial score (nSPS) is 11.4. The summed E-state index contributed by atoms with van der Waals surface area (Å²) in [7, 11) is -1.96. The van der Waals surface area contributed by atoms with Crippen LogP contribution in [0.25, 0.3) is 0 Å². The molecular weight excluding hydrogens is 793 g/mol. The van der Waals surface area contributed by atoms with Crippen molar-refractivity contribution >= 4 is 49.7 Å². The molecule has 2 amide bonds. The Hall–Kier alpha value is -3.05. The van der Waals surface area contributed by atoms with Gasteiger partial charge in [0.05, 0.1) is 0 Å². The maximum Gasteiger partial charge on any atom is 4.00 e. The minimum Gasteiger partial charge on any atom is -0.363 e. The van der Waals surface area contributed by atoms with E-state index in [1.165, 1.54) is 21.9 Å². The van der Waals surface area contributed by atoms with Crippen molar-refractivity contribution in [3.8, 4) is 0 Å². The Balaban J connectivity index is 0.000000770. The molecule has 0 saturated carbocycles. The minimum absolute atomic E-state index is 0. The number of hydrogen-bond acceptors (Lipinski definition) is 2. The molecule has 0 N–H and O–H groups in total. The Morgan fingerprint density at radius 1 is 0.579 bits per heavy atom. The summed E-state index contributed by atoms with van der Waals surface area (Å²) in [5.41, 5.74) is -1.05. The number of nitrogens with zero attached hydrogens (tertiary/aromatic N) is 2. The molecule has 0 radical (unpaired) electrons. The van der Waals surface area contributed by atoms with E-state index in [0.29, 0.717) is 13.1 Å². The van der Waals surface area contributed by atoms with Crippen molar-refractivity contribution in [2.75, 3.05) is 22.9 Å². The number of unbranched alkanes of at least 4 members (excludes halogenated alkanes) is 2. The van der Waals surface area contributed by atoms with Gasteiger partial charge in [0.2, 0.25) is 11.8 Å². The molecule has 57 heavy (non-hydrogen) atoms. The standard InChI is InChI=1S/2C15H20F2NO.2C8H13Si.Ti/c2*1-5-6-9-18(14(19)15(2,3)4)13-8-7-11(16)10-12(13)17;2*1-9(2,3)8-6-4-5-7-8;/h2*7-8H,5-6,9H2,1-4H3;2*4-7H,1-3H3;/q4*-1;+4. The van der Waals surface area contributed by atoms with Crippen molar-refractivity contribution in [2.45, 2.75) is 120 Å². The van der Waals surface area contributed by atoms with Crippen LogP contribution in [0.15, 0.2) is 72.8 Å². The fourth-order valence-corrected chi connectivity index (χ4v) is 7.53. The first-order valence-corrected chi connectivity index (χ1v) is 26.6. The number of benzene rings is 2. The van der Waals surface area contributed by atoms with E-state index in [4.69, 9.17) is 0 Å². The van der Waals surface area contributed by atoms with Gasteiger partial charge in [0.15, 0.2) is 0 Å². The van der Waals surface area contributed by atoms with Crippen LogP contribution in [-0.2, 0) is 31.3 Å². The second kappa shape index (κ2) is 24.1. The number of hydrogen-bond donors (Lipinski definition) is 0. The molecule has 4 nitrogen and oxygen atoms in total. The molecule has 4 rings (SSSR count). The van der Waals surface area contributed by atoms with Gasteiger partial charge in [0.1, 0.15) is 0 Å². The van der Waals surface area contributed by atoms with E-state index in [2.05, 4.69) is 87.8 Å². The number of carbonyl (C=O) groups is 2. The zero-order chi connectivity index (χ0) is 43.1. The minimum atomic E-state index is -0.981. The molecule has 312 valence electrons. The summed E-state index contributed by atoms with van der Waals surface area (Å²) in [5, 5.41) is 3.12. The SMILES string of the molecule is CCCCN(C(=O)C(C)(C)C)c1ccc(F)[c-]c1F.CCCCN(C(=O)C(C)(C)C)c1ccc(F)[c-]c1F.C[Si](C)(C)[c-]1cccc1.C[Si](C)(C)[c-]1cccc1.[Ti+4]. The van der Waals surface area contributed by atoms with Gasteiger partial charge in [0, 0.05) is 63.3 Å². The predicted molar refractivity (Wildman–Crippen MR) is 234 cm³/mol. The number of amides is 2. The summed E-state index contributed by atoms with van der Waals surface area (Å²) in [4.78, 5) is 27.5. The fraction of sp³-hybridized carbons (Fsp3) is 0.478. The number of halogens is 4. The molecular formula is C46H66F4N2O2Si2Ti. The third-order valence-corrected chi connectivity index (χ3v) is 12.7. The summed E-state index contributed by atoms with van der Waals surface area (Å²) >= 11 is 0. The Bertz CT molecular complexity index is 1620. The molecule has 0 unspecified atom stereocenters. The van der Waals surface area contributed by atoms with Crippen LogP contribution in [0.5, 0.6) is 0 Å². The van der Waals surface area contributed by atoms with Crippen LogP contribution in [0.3, 0.4) is 0 Å². The fourth-order valence-electron chi connectivity index (χ4n) is 5.14. The third-order valence-electron chi connectivity index (χ3n) is 8.57. The van der Waals surface area contributed by atoms with Crippen molar-refractivity contribution < 1.29 is 48.9 Å². The average Bonchev–Trinajstić information content (AvgIpc) is 3.82. The number of rotatable bonds is 10. The van der Waals surface area contributed by atoms with E-state index in [0.717, 1.165) is 37.8 Å². The van der Waals surface area contributed by atoms with Crippen LogP contribution < -0.4 is 20.2 Å². The first-order valence-electron chi connectivity index (χ1n) is 19.6. The maximum absolute atomic E-state index is 13.8. The number of carbonyl (C=O) groups excluding carboxylic acids is 2. The van der Waals surface area contributed by atoms with E-state index in [1.54, 1.807) is 51.9 Å². The quantitative estimate of drug-likeness (QED) is 0.0905. The first kappa shape index (κ1) is 53.9. The van der Waals surface area contributed by atoms with Gasteiger partial charge in [0.25, 0.3) is 0 Å². The van der Waals surface area contributed by atoms with Gasteiger partial charge < -0.3 is 9.80 Å². The Morgan fingerprint density at radius 2 is 0.860 bits per heavy atom. The van der Waals surface area contributed by atoms with E-state index in [-0.39, 0.29) is 44.9 Å². The van der Waals surface area contributed by atoms with E-state index in [9.17, 15) is 27.2 Å². The second-order valence-electron chi connectivity index (χ2n) is 18.0. The second-order valence-corrected chi connectivity index (χ2v) is 28.1. The molecule has 0 aliphatic carbocycles. The molecule has 0 fully saturated rings. The van der Waals surface area contributed by atoms with Gasteiger partial charge >= 0.3 is 21.7 Å². The molecule has 0 heterocycles. The molecule has 0 aromatic heterocycles. The smallest absolute Gasteiger partial charge is 0.363 e. The van der Waals surface area contributed by atoms with E-state index < -0.39 is 50.2 Å². The molecule has 0 spiro atoms. The zero-order valence-corrected chi connectivity index (χ0v) is 40.5. The van der Waals surface area contributed by atoms with Crippen LogP contribution >= 0.6 is 0 Å². The van der Waals surface area contributed by atoms with Gasteiger partial charge in [-0.25, -0.2) is 41.8 Å². The Morgan fingerprint density at radius 3 is 1.05 bits per heavy atom. The topological polar surface area (TPSA) is 40.6 Å². The molecule has 0 atom stereocenters. The molecule has 0 aliphatic rings. The maximum atomic E-state index is 13.8. The average molecular weight is 859 g/mol. The van der Waals surface area contributed by atoms with Crippen LogP contribution in [0, 0.1) is 46.2 Å². The summed E-state index contributed by atoms with van der Waals surface area (Å²) in [6, 6.07) is 26.2. The van der Waals surface area contributed by atoms with Crippen molar-refractivity contribution in [1.29, 1.82) is 0 Å². The summed E-state index contributed by atoms with van der Waals surface area (Å²) < 4.78 is 53.4. The third kappa shape index (κ3) is 19.0. The number of anilines is 2. The van der Waals surface area contributed by atoms with Crippen molar-refractivity contribution in [3.05, 3.63) is 108 Å². The largest absolute Gasteiger partial charge is 4.00 e. The van der Waals surface area contributed by atoms with Crippen LogP contribution in [-0.4, -0.2) is 41.1 Å². The molecule has 0 aliphatic heterocycles. The molecule has 4 aromatic rings. The van der Waals surface area contributed by atoms with E-state index in [1.807, 2.05) is 26.0 Å². The molecule has 0 bridgehead atoms. The molecule has 11 heteroatoms. The molecule has 0 saturated heterocycles. The monoisotopic (exact) mass is 858 g/mol. The Kier molecular flexibility index (Phi) is 22.8. The zero-order valence-electron chi connectivity index (χ0n) is 36.9. The predicted octanol–water partition coefficient (Wildman–Crippen LogP) is 11.8. The van der Waals surface area contributed by atoms with Gasteiger partial charge in [-0.2, -0.15) is 34.6 Å². The summed E-state index contributed by atoms with van der Waals surface area (Å²) in [6.45, 7) is 29.7. The van der Waals surface area contributed by atoms with Gasteiger partial charge in [-0.05, 0) is 24.2 Å². The molecule has 4 aromatic carbocycles. The van der Waals surface area contributed by atoms with Crippen molar-refractivity contribution in [2.24, 2.45) is 10.8 Å². The van der Waals surface area contributed by atoms with Crippen molar-refractivity contribution in [3.63, 3.8) is 0 Å². The van der Waals surface area contributed by atoms with Gasteiger partial charge in [-0.15, -0.1) is 36.4 Å². The Labute approximate surface area is 359 Å². The van der Waals surface area contributed by atoms with E-state index >= 15 is 0 Å². The van der Waals surface area contributed by atoms with Gasteiger partial charge in [-0.1, -0.05) is 108 Å². The van der Waals surface area contributed by atoms with Crippen LogP contribution in [0.1, 0.15) is 81.1 Å². The first-order chi connectivity index (χ1) is 25.7. The van der Waals surface area contributed by atoms with Crippen LogP contribution in [0.2, 0.25) is 39.3 Å². The summed E-state index contributed by atoms with van der Waals surface area (Å²) in [5.74, 6) is -3.54. The summed E-state index contributed by atoms with van der Waals surface area (Å²) in [6.07, 6.45) is 3.30. The van der Waals surface area contributed by atoms with Crippen molar-refractivity contribution in [1.82, 2.24) is 0 Å².